The van der Waals surface area contributed by atoms with Crippen molar-refractivity contribution in [3.05, 3.63) is 64.6 Å². The number of carboxylic acids is 2. The van der Waals surface area contributed by atoms with E-state index in [0.717, 1.165) is 4.68 Å². The highest BCUT2D eigenvalue weighted by Crippen LogP contribution is 2.32. The number of ketones is 1. The molecule has 2 aromatic carbocycles. The molecule has 0 aliphatic heterocycles. The first-order valence-corrected chi connectivity index (χ1v) is 9.76. The fourth-order valence-corrected chi connectivity index (χ4v) is 3.53. The largest absolute Gasteiger partial charge is 0.508 e. The SMILES string of the molecule is O=C(CC(CCn1nnc2ccccc2c1=O)(C(=O)O)C(=O)O)c1cc2ccc(O)cc2o1. The molecule has 0 atom stereocenters. The van der Waals surface area contributed by atoms with Gasteiger partial charge in [-0.25, -0.2) is 4.68 Å². The van der Waals surface area contributed by atoms with Gasteiger partial charge < -0.3 is 19.7 Å². The molecule has 0 saturated heterocycles. The first-order valence-electron chi connectivity index (χ1n) is 9.76. The topological polar surface area (TPSA) is 173 Å². The average molecular weight is 451 g/mol. The number of hydrogen-bond acceptors (Lipinski definition) is 8. The Labute approximate surface area is 184 Å². The van der Waals surface area contributed by atoms with Crippen LogP contribution in [0, 0.1) is 5.41 Å². The van der Waals surface area contributed by atoms with E-state index in [1.165, 1.54) is 30.3 Å². The molecule has 0 spiro atoms. The predicted octanol–water partition coefficient (Wildman–Crippen LogP) is 2.06. The summed E-state index contributed by atoms with van der Waals surface area (Å²) < 4.78 is 6.25. The highest BCUT2D eigenvalue weighted by molar-refractivity contribution is 6.06. The van der Waals surface area contributed by atoms with Gasteiger partial charge in [0, 0.05) is 24.4 Å². The van der Waals surface area contributed by atoms with Crippen LogP contribution in [0.5, 0.6) is 5.75 Å². The molecular weight excluding hydrogens is 434 g/mol. The third-order valence-corrected chi connectivity index (χ3v) is 5.44. The number of aryl methyl sites for hydroxylation is 1. The summed E-state index contributed by atoms with van der Waals surface area (Å²) in [5, 5.41) is 37.4. The van der Waals surface area contributed by atoms with Gasteiger partial charge in [0.25, 0.3) is 5.56 Å². The second-order valence-corrected chi connectivity index (χ2v) is 7.51. The highest BCUT2D eigenvalue weighted by atomic mass is 16.4. The van der Waals surface area contributed by atoms with Crippen LogP contribution in [0.3, 0.4) is 0 Å². The van der Waals surface area contributed by atoms with E-state index in [-0.39, 0.29) is 22.5 Å². The van der Waals surface area contributed by atoms with Crippen molar-refractivity contribution in [3.63, 3.8) is 0 Å². The van der Waals surface area contributed by atoms with Crippen LogP contribution in [0.4, 0.5) is 0 Å². The van der Waals surface area contributed by atoms with Crippen LogP contribution in [-0.4, -0.2) is 48.0 Å². The number of aromatic nitrogens is 3. The van der Waals surface area contributed by atoms with Gasteiger partial charge in [-0.05, 0) is 36.8 Å². The van der Waals surface area contributed by atoms with Crippen LogP contribution in [-0.2, 0) is 16.1 Å². The summed E-state index contributed by atoms with van der Waals surface area (Å²) in [6.07, 6.45) is -1.52. The van der Waals surface area contributed by atoms with Crippen molar-refractivity contribution >= 4 is 39.6 Å². The number of aromatic hydroxyl groups is 1. The Morgan fingerprint density at radius 2 is 1.76 bits per heavy atom. The van der Waals surface area contributed by atoms with Gasteiger partial charge in [0.1, 0.15) is 16.8 Å². The molecule has 33 heavy (non-hydrogen) atoms. The number of carbonyl (C=O) groups excluding carboxylic acids is 1. The first kappa shape index (κ1) is 21.7. The molecule has 4 aromatic rings. The molecule has 0 unspecified atom stereocenters. The number of hydrogen-bond donors (Lipinski definition) is 3. The monoisotopic (exact) mass is 451 g/mol. The van der Waals surface area contributed by atoms with Gasteiger partial charge in [-0.3, -0.25) is 19.2 Å². The third-order valence-electron chi connectivity index (χ3n) is 5.44. The number of aliphatic carboxylic acids is 2. The second kappa shape index (κ2) is 8.19. The van der Waals surface area contributed by atoms with Crippen LogP contribution in [0.1, 0.15) is 23.4 Å². The van der Waals surface area contributed by atoms with E-state index >= 15 is 0 Å². The van der Waals surface area contributed by atoms with Gasteiger partial charge in [0.15, 0.2) is 17.0 Å². The van der Waals surface area contributed by atoms with Crippen molar-refractivity contribution < 1.29 is 34.1 Å². The Morgan fingerprint density at radius 3 is 2.48 bits per heavy atom. The lowest BCUT2D eigenvalue weighted by Gasteiger charge is -2.23. The quantitative estimate of drug-likeness (QED) is 0.266. The van der Waals surface area contributed by atoms with E-state index < -0.39 is 48.1 Å². The molecule has 0 bridgehead atoms. The molecule has 2 aromatic heterocycles. The maximum Gasteiger partial charge on any atom is 0.321 e. The van der Waals surface area contributed by atoms with Crippen molar-refractivity contribution in [2.45, 2.75) is 19.4 Å². The van der Waals surface area contributed by atoms with Gasteiger partial charge in [-0.2, -0.15) is 0 Å². The molecule has 0 amide bonds. The second-order valence-electron chi connectivity index (χ2n) is 7.51. The van der Waals surface area contributed by atoms with Gasteiger partial charge in [-0.1, -0.05) is 17.3 Å². The van der Waals surface area contributed by atoms with Crippen LogP contribution >= 0.6 is 0 Å². The summed E-state index contributed by atoms with van der Waals surface area (Å²) >= 11 is 0. The molecular formula is C22H17N3O8. The minimum atomic E-state index is -2.54. The standard InChI is InChI=1S/C22H17N3O8/c26-13-6-5-12-9-18(33-17(12)10-13)16(27)11-22(20(29)30,21(31)32)7-8-25-19(28)14-3-1-2-4-15(14)23-24-25/h1-6,9-10,26H,7-8,11H2,(H,29,30)(H,31,32). The molecule has 0 fully saturated rings. The van der Waals surface area contributed by atoms with Crippen molar-refractivity contribution in [1.29, 1.82) is 0 Å². The van der Waals surface area contributed by atoms with E-state index in [2.05, 4.69) is 10.3 Å². The summed E-state index contributed by atoms with van der Waals surface area (Å²) in [5.74, 6) is -4.67. The number of phenolic OH excluding ortho intramolecular Hbond substituents is 1. The zero-order valence-corrected chi connectivity index (χ0v) is 17.0. The van der Waals surface area contributed by atoms with Crippen LogP contribution in [0.15, 0.2) is 57.7 Å². The number of rotatable bonds is 8. The molecule has 0 aliphatic carbocycles. The molecule has 2 heterocycles. The normalized spacial score (nSPS) is 11.6. The Balaban J connectivity index is 1.64. The van der Waals surface area contributed by atoms with Gasteiger partial charge in [0.05, 0.1) is 5.39 Å². The molecule has 0 aliphatic rings. The molecule has 3 N–H and O–H groups in total. The van der Waals surface area contributed by atoms with Crippen LogP contribution < -0.4 is 5.56 Å². The number of carboxylic acid groups (broad SMARTS) is 2. The van der Waals surface area contributed by atoms with Gasteiger partial charge in [-0.15, -0.1) is 5.10 Å². The number of phenols is 1. The number of carbonyl (C=O) groups is 3. The first-order chi connectivity index (χ1) is 15.7. The highest BCUT2D eigenvalue weighted by Gasteiger charge is 2.48. The lowest BCUT2D eigenvalue weighted by atomic mass is 9.79. The molecule has 168 valence electrons. The van der Waals surface area contributed by atoms with E-state index in [9.17, 15) is 34.5 Å². The van der Waals surface area contributed by atoms with Crippen molar-refractivity contribution in [1.82, 2.24) is 15.0 Å². The molecule has 4 rings (SSSR count). The number of nitrogens with zero attached hydrogens (tertiary/aromatic N) is 3. The van der Waals surface area contributed by atoms with Crippen molar-refractivity contribution in [3.8, 4) is 5.75 Å². The number of furan rings is 1. The zero-order chi connectivity index (χ0) is 23.8. The summed E-state index contributed by atoms with van der Waals surface area (Å²) in [6.45, 7) is -0.392. The lowest BCUT2D eigenvalue weighted by Crippen LogP contribution is -2.43. The number of benzene rings is 2. The molecule has 0 radical (unpaired) electrons. The summed E-state index contributed by atoms with van der Waals surface area (Å²) in [5.41, 5.74) is -2.57. The summed E-state index contributed by atoms with van der Waals surface area (Å²) in [4.78, 5) is 49.5. The van der Waals surface area contributed by atoms with Crippen molar-refractivity contribution in [2.24, 2.45) is 5.41 Å². The van der Waals surface area contributed by atoms with Crippen LogP contribution in [0.25, 0.3) is 21.9 Å². The Hall–Kier alpha value is -4.54. The predicted molar refractivity (Wildman–Crippen MR) is 113 cm³/mol. The smallest absolute Gasteiger partial charge is 0.321 e. The third kappa shape index (κ3) is 3.91. The van der Waals surface area contributed by atoms with Crippen LogP contribution in [0.2, 0.25) is 0 Å². The maximum atomic E-state index is 12.8. The minimum absolute atomic E-state index is 0.0943. The van der Waals surface area contributed by atoms with Gasteiger partial charge in [0.2, 0.25) is 0 Å². The molecule has 11 nitrogen and oxygen atoms in total. The summed E-state index contributed by atoms with van der Waals surface area (Å²) in [6, 6.07) is 11.9. The van der Waals surface area contributed by atoms with E-state index in [1.807, 2.05) is 0 Å². The number of fused-ring (bicyclic) bond motifs is 2. The van der Waals surface area contributed by atoms with Crippen molar-refractivity contribution in [2.75, 3.05) is 0 Å². The van der Waals surface area contributed by atoms with E-state index in [1.54, 1.807) is 18.2 Å². The Morgan fingerprint density at radius 1 is 1.03 bits per heavy atom. The number of Topliss-reactive ketones (excluding diaryl/α,β-unsaturated/α-hetero) is 1. The fraction of sp³-hybridized carbons (Fsp3) is 0.182. The Bertz CT molecular complexity index is 1460. The fourth-order valence-electron chi connectivity index (χ4n) is 3.53. The van der Waals surface area contributed by atoms with E-state index in [4.69, 9.17) is 4.42 Å². The molecule has 0 saturated carbocycles. The maximum absolute atomic E-state index is 12.8. The zero-order valence-electron chi connectivity index (χ0n) is 17.0. The van der Waals surface area contributed by atoms with E-state index in [0.29, 0.717) is 10.9 Å². The Kier molecular flexibility index (Phi) is 5.38. The lowest BCUT2D eigenvalue weighted by molar-refractivity contribution is -0.165. The molecule has 11 heteroatoms. The van der Waals surface area contributed by atoms with Gasteiger partial charge >= 0.3 is 11.9 Å². The average Bonchev–Trinajstić information content (AvgIpc) is 3.21. The minimum Gasteiger partial charge on any atom is -0.508 e. The summed E-state index contributed by atoms with van der Waals surface area (Å²) in [7, 11) is 0.